The van der Waals surface area contributed by atoms with Crippen molar-refractivity contribution in [2.24, 2.45) is 0 Å². The number of piperazine rings is 1. The van der Waals surface area contributed by atoms with Gasteiger partial charge in [-0.15, -0.1) is 0 Å². The summed E-state index contributed by atoms with van der Waals surface area (Å²) in [6.45, 7) is 2.52. The number of pyridine rings is 1. The fraction of sp³-hybridized carbons (Fsp3) is 0.333. The van der Waals surface area contributed by atoms with Crippen molar-refractivity contribution in [3.8, 4) is 0 Å². The van der Waals surface area contributed by atoms with Crippen LogP contribution in [0.5, 0.6) is 0 Å². The van der Waals surface area contributed by atoms with Gasteiger partial charge in [-0.3, -0.25) is 9.59 Å². The lowest BCUT2D eigenvalue weighted by Crippen LogP contribution is -2.50. The average molecular weight is 654 g/mol. The first-order valence-corrected chi connectivity index (χ1v) is 15.3. The molecule has 46 heavy (non-hydrogen) atoms. The molecule has 2 fully saturated rings. The van der Waals surface area contributed by atoms with Crippen LogP contribution in [-0.2, 0) is 17.4 Å². The number of hydrogen-bond donors (Lipinski definition) is 1. The molecule has 1 unspecified atom stereocenters. The highest BCUT2D eigenvalue weighted by Crippen LogP contribution is 2.37. The van der Waals surface area contributed by atoms with Gasteiger partial charge in [0.2, 0.25) is 11.5 Å². The molecule has 0 aliphatic carbocycles. The number of halogens is 4. The van der Waals surface area contributed by atoms with Crippen molar-refractivity contribution in [3.63, 3.8) is 0 Å². The Bertz CT molecular complexity index is 1690. The Hall–Kier alpha value is -4.42. The summed E-state index contributed by atoms with van der Waals surface area (Å²) in [6.07, 6.45) is -4.34. The van der Waals surface area contributed by atoms with Crippen LogP contribution in [0.3, 0.4) is 0 Å². The second-order valence-corrected chi connectivity index (χ2v) is 11.8. The lowest BCUT2D eigenvalue weighted by atomic mass is 9.99. The number of carbonyl (C=O) groups excluding carboxylic acids is 2. The van der Waals surface area contributed by atoms with Crippen molar-refractivity contribution in [1.29, 1.82) is 0 Å². The van der Waals surface area contributed by atoms with Gasteiger partial charge in [0.05, 0.1) is 0 Å². The summed E-state index contributed by atoms with van der Waals surface area (Å²) in [5.74, 6) is -1.40. The number of aliphatic hydroxyl groups excluding tert-OH is 1. The van der Waals surface area contributed by atoms with E-state index in [2.05, 4.69) is 9.97 Å². The zero-order valence-electron chi connectivity index (χ0n) is 24.7. The van der Waals surface area contributed by atoms with Gasteiger partial charge in [0.25, 0.3) is 11.9 Å². The average Bonchev–Trinajstić information content (AvgIpc) is 3.74. The van der Waals surface area contributed by atoms with Gasteiger partial charge in [-0.05, 0) is 41.3 Å². The molecule has 2 aromatic carbocycles. The zero-order valence-corrected chi connectivity index (χ0v) is 25.4. The highest BCUT2D eigenvalue weighted by atomic mass is 35.5. The maximum absolute atomic E-state index is 13.9. The number of carbonyl (C=O) groups is 2. The maximum Gasteiger partial charge on any atom is 0.437 e. The Morgan fingerprint density at radius 2 is 1.74 bits per heavy atom. The number of nitrogens with zero attached hydrogens (tertiary/aromatic N) is 5. The Balaban J connectivity index is 1.08. The predicted molar refractivity (Wildman–Crippen MR) is 165 cm³/mol. The monoisotopic (exact) mass is 653 g/mol. The largest absolute Gasteiger partial charge is 0.437 e. The van der Waals surface area contributed by atoms with E-state index in [1.165, 1.54) is 6.20 Å². The molecule has 2 aromatic heterocycles. The molecule has 13 heteroatoms. The normalized spacial score (nSPS) is 17.8. The van der Waals surface area contributed by atoms with Crippen molar-refractivity contribution in [2.75, 3.05) is 49.1 Å². The predicted octanol–water partition coefficient (Wildman–Crippen LogP) is 5.54. The Morgan fingerprint density at radius 1 is 0.978 bits per heavy atom. The molecule has 2 aliphatic rings. The lowest BCUT2D eigenvalue weighted by molar-refractivity contribution is -0.142. The Morgan fingerprint density at radius 3 is 2.41 bits per heavy atom. The van der Waals surface area contributed by atoms with Crippen molar-refractivity contribution in [3.05, 3.63) is 106 Å². The van der Waals surface area contributed by atoms with Gasteiger partial charge in [-0.1, -0.05) is 60.1 Å². The summed E-state index contributed by atoms with van der Waals surface area (Å²) >= 11 is 6.11. The third kappa shape index (κ3) is 6.87. The number of benzene rings is 2. The van der Waals surface area contributed by atoms with Crippen LogP contribution in [0, 0.1) is 0 Å². The number of oxazole rings is 1. The van der Waals surface area contributed by atoms with Crippen LogP contribution < -0.4 is 9.80 Å². The first-order valence-electron chi connectivity index (χ1n) is 14.9. The number of aromatic nitrogens is 2. The number of alkyl halides is 3. The molecule has 2 saturated heterocycles. The fourth-order valence-corrected chi connectivity index (χ4v) is 6.07. The lowest BCUT2D eigenvalue weighted by Gasteiger charge is -2.36. The summed E-state index contributed by atoms with van der Waals surface area (Å²) in [7, 11) is 0. The van der Waals surface area contributed by atoms with Crippen LogP contribution in [0.2, 0.25) is 5.02 Å². The number of Topliss-reactive ketones (excluding diaryl/α,β-unsaturated/α-hetero) is 1. The van der Waals surface area contributed by atoms with Gasteiger partial charge in [0.15, 0.2) is 11.8 Å². The van der Waals surface area contributed by atoms with Gasteiger partial charge in [-0.25, -0.2) is 4.98 Å². The summed E-state index contributed by atoms with van der Waals surface area (Å²) in [6, 6.07) is 19.2. The third-order valence-electron chi connectivity index (χ3n) is 8.35. The van der Waals surface area contributed by atoms with E-state index < -0.39 is 29.5 Å². The van der Waals surface area contributed by atoms with Crippen LogP contribution in [0.25, 0.3) is 0 Å². The number of rotatable bonds is 8. The molecule has 1 N–H and O–H groups in total. The number of ketones is 1. The first-order chi connectivity index (χ1) is 22.1. The number of amides is 1. The summed E-state index contributed by atoms with van der Waals surface area (Å²) in [5.41, 5.74) is 0.584. The van der Waals surface area contributed by atoms with E-state index in [1.54, 1.807) is 52.3 Å². The Labute approximate surface area is 268 Å². The highest BCUT2D eigenvalue weighted by Gasteiger charge is 2.42. The number of aliphatic hydroxyl groups is 1. The highest BCUT2D eigenvalue weighted by molar-refractivity contribution is 6.30. The molecule has 2 aliphatic heterocycles. The maximum atomic E-state index is 13.9. The van der Waals surface area contributed by atoms with E-state index in [0.717, 1.165) is 5.56 Å². The second kappa shape index (κ2) is 13.1. The van der Waals surface area contributed by atoms with Gasteiger partial charge in [0, 0.05) is 62.8 Å². The van der Waals surface area contributed by atoms with Crippen molar-refractivity contribution < 1.29 is 32.3 Å². The van der Waals surface area contributed by atoms with E-state index in [1.807, 2.05) is 29.2 Å². The third-order valence-corrected chi connectivity index (χ3v) is 8.59. The zero-order chi connectivity index (χ0) is 32.4. The van der Waals surface area contributed by atoms with Crippen molar-refractivity contribution in [2.45, 2.75) is 31.0 Å². The molecule has 0 bridgehead atoms. The van der Waals surface area contributed by atoms with Crippen LogP contribution in [0.1, 0.15) is 51.4 Å². The summed E-state index contributed by atoms with van der Waals surface area (Å²) in [5, 5.41) is 11.0. The molecule has 9 nitrogen and oxygen atoms in total. The fourth-order valence-electron chi connectivity index (χ4n) is 5.87. The van der Waals surface area contributed by atoms with Gasteiger partial charge < -0.3 is 24.2 Å². The van der Waals surface area contributed by atoms with Crippen molar-refractivity contribution >= 4 is 35.1 Å². The first kappa shape index (κ1) is 31.6. The van der Waals surface area contributed by atoms with E-state index in [0.29, 0.717) is 67.7 Å². The quantitative estimate of drug-likeness (QED) is 0.247. The smallest absolute Gasteiger partial charge is 0.420 e. The molecular weight excluding hydrogens is 623 g/mol. The minimum absolute atomic E-state index is 0.0352. The molecular formula is C33H31ClF3N5O4. The molecule has 0 spiro atoms. The molecule has 6 rings (SSSR count). The number of hydrogen-bond acceptors (Lipinski definition) is 8. The topological polar surface area (TPSA) is 103 Å². The standard InChI is InChI=1S/C33H31ClF3N5O4/c34-25-8-4-7-23(18-25)24-11-12-42(20-24)32-39-30(33(35,36)37)29(46-32)26(43)17-21-9-10-27(38-19-21)40-13-15-41(16-14-40)31(45)28(44)22-5-2-1-3-6-22/h1-10,18-19,24,28,44H,11-17,20H2/t24?,28-/m1/s1. The molecule has 4 aromatic rings. The van der Waals surface area contributed by atoms with E-state index >= 15 is 0 Å². The van der Waals surface area contributed by atoms with Gasteiger partial charge in [0.1, 0.15) is 5.82 Å². The molecule has 1 amide bonds. The van der Waals surface area contributed by atoms with E-state index in [-0.39, 0.29) is 24.3 Å². The molecule has 0 radical (unpaired) electrons. The number of anilines is 2. The van der Waals surface area contributed by atoms with Crippen LogP contribution in [0.15, 0.2) is 77.3 Å². The van der Waals surface area contributed by atoms with Gasteiger partial charge in [-0.2, -0.15) is 18.2 Å². The van der Waals surface area contributed by atoms with Gasteiger partial charge >= 0.3 is 6.18 Å². The SMILES string of the molecule is O=C(Cc1ccc(N2CCN(C(=O)[C@H](O)c3ccccc3)CC2)nc1)c1oc(N2CCC(c3cccc(Cl)c3)C2)nc1C(F)(F)F. The van der Waals surface area contributed by atoms with E-state index in [9.17, 15) is 27.9 Å². The minimum Gasteiger partial charge on any atom is -0.420 e. The molecule has 240 valence electrons. The van der Waals surface area contributed by atoms with Crippen LogP contribution >= 0.6 is 11.6 Å². The molecule has 0 saturated carbocycles. The molecule has 4 heterocycles. The summed E-state index contributed by atoms with van der Waals surface area (Å²) < 4.78 is 47.3. The van der Waals surface area contributed by atoms with Crippen LogP contribution in [0.4, 0.5) is 25.0 Å². The summed E-state index contributed by atoms with van der Waals surface area (Å²) in [4.78, 5) is 39.2. The van der Waals surface area contributed by atoms with Crippen molar-refractivity contribution in [1.82, 2.24) is 14.9 Å². The van der Waals surface area contributed by atoms with Crippen LogP contribution in [-0.4, -0.2) is 70.9 Å². The molecule has 2 atom stereocenters. The van der Waals surface area contributed by atoms with E-state index in [4.69, 9.17) is 16.0 Å². The Kier molecular flexibility index (Phi) is 9.01. The minimum atomic E-state index is -4.87. The second-order valence-electron chi connectivity index (χ2n) is 11.4.